The first kappa shape index (κ1) is 17.6. The number of hydrogen-bond donors (Lipinski definition) is 0. The van der Waals surface area contributed by atoms with E-state index in [1.807, 2.05) is 38.5 Å². The lowest BCUT2D eigenvalue weighted by atomic mass is 10.1. The minimum Gasteiger partial charge on any atom is -0.493 e. The van der Waals surface area contributed by atoms with Crippen LogP contribution in [-0.4, -0.2) is 70.6 Å². The summed E-state index contributed by atoms with van der Waals surface area (Å²) in [4.78, 5) is 13.6. The van der Waals surface area contributed by atoms with Crippen molar-refractivity contribution in [3.63, 3.8) is 0 Å². The summed E-state index contributed by atoms with van der Waals surface area (Å²) in [5.74, 6) is 1.48. The maximum Gasteiger partial charge on any atom is 0.163 e. The van der Waals surface area contributed by atoms with Gasteiger partial charge in [0.1, 0.15) is 6.17 Å². The Bertz CT molecular complexity index is 825. The van der Waals surface area contributed by atoms with E-state index >= 15 is 0 Å². The van der Waals surface area contributed by atoms with Crippen molar-refractivity contribution < 1.29 is 9.47 Å². The molecule has 1 atom stereocenters. The topological polar surface area (TPSA) is 49.7 Å². The van der Waals surface area contributed by atoms with Gasteiger partial charge in [0.05, 0.1) is 24.8 Å². The number of nitrogens with zero attached hydrogens (tertiary/aromatic N) is 4. The summed E-state index contributed by atoms with van der Waals surface area (Å²) in [7, 11) is 9.84. The molecule has 6 heteroatoms. The van der Waals surface area contributed by atoms with E-state index in [9.17, 15) is 0 Å². The quantitative estimate of drug-likeness (QED) is 0.684. The molecule has 134 valence electrons. The Morgan fingerprint density at radius 2 is 1.92 bits per heavy atom. The highest BCUT2D eigenvalue weighted by atomic mass is 16.5. The van der Waals surface area contributed by atoms with Crippen molar-refractivity contribution in [2.24, 2.45) is 9.98 Å². The first-order valence-electron chi connectivity index (χ1n) is 8.50. The van der Waals surface area contributed by atoms with Crippen LogP contribution in [0.3, 0.4) is 0 Å². The molecule has 0 radical (unpaired) electrons. The van der Waals surface area contributed by atoms with Gasteiger partial charge in [-0.15, -0.1) is 0 Å². The summed E-state index contributed by atoms with van der Waals surface area (Å²) >= 11 is 0. The van der Waals surface area contributed by atoms with Crippen LogP contribution < -0.4 is 20.0 Å². The fourth-order valence-corrected chi connectivity index (χ4v) is 3.08. The van der Waals surface area contributed by atoms with E-state index in [2.05, 4.69) is 28.9 Å². The lowest BCUT2D eigenvalue weighted by molar-refractivity contribution is 0.268. The highest BCUT2D eigenvalue weighted by Gasteiger charge is 2.26. The van der Waals surface area contributed by atoms with Gasteiger partial charge in [0.15, 0.2) is 11.5 Å². The van der Waals surface area contributed by atoms with Crippen LogP contribution in [-0.2, 0) is 0 Å². The highest BCUT2D eigenvalue weighted by Crippen LogP contribution is 2.28. The third-order valence-electron chi connectivity index (χ3n) is 4.30. The zero-order chi connectivity index (χ0) is 18.0. The monoisotopic (exact) mass is 342 g/mol. The Morgan fingerprint density at radius 3 is 2.60 bits per heavy atom. The molecule has 25 heavy (non-hydrogen) atoms. The van der Waals surface area contributed by atoms with Crippen molar-refractivity contribution in [1.82, 2.24) is 9.80 Å². The average molecular weight is 342 g/mol. The van der Waals surface area contributed by atoms with Crippen LogP contribution in [0.5, 0.6) is 11.5 Å². The van der Waals surface area contributed by atoms with Crippen molar-refractivity contribution in [3.05, 3.63) is 34.5 Å². The van der Waals surface area contributed by atoms with Gasteiger partial charge in [0, 0.05) is 29.6 Å². The Labute approximate surface area is 148 Å². The molecule has 2 heterocycles. The van der Waals surface area contributed by atoms with Crippen molar-refractivity contribution in [3.8, 4) is 11.5 Å². The second-order valence-corrected chi connectivity index (χ2v) is 6.74. The van der Waals surface area contributed by atoms with Crippen LogP contribution in [0.4, 0.5) is 0 Å². The molecule has 0 bridgehead atoms. The standard InChI is InChI=1S/C19H26N4O2/c1-22(2)9-6-10-25-17-12-15-13(11-16(17)24-5)18-14(21-15)7-8-20-19(18)23(3)4/h7-8,11-12,19H,6,9-10H2,1-5H3. The maximum absolute atomic E-state index is 5.95. The summed E-state index contributed by atoms with van der Waals surface area (Å²) in [6.07, 6.45) is 4.72. The molecule has 2 aliphatic heterocycles. The number of benzene rings is 1. The maximum atomic E-state index is 5.95. The molecule has 0 aliphatic carbocycles. The van der Waals surface area contributed by atoms with Crippen LogP contribution in [0, 0.1) is 0 Å². The van der Waals surface area contributed by atoms with Crippen molar-refractivity contribution in [2.75, 3.05) is 48.5 Å². The fourth-order valence-electron chi connectivity index (χ4n) is 3.08. The zero-order valence-electron chi connectivity index (χ0n) is 15.6. The highest BCUT2D eigenvalue weighted by molar-refractivity contribution is 5.86. The average Bonchev–Trinajstić information content (AvgIpc) is 2.94. The third-order valence-corrected chi connectivity index (χ3v) is 4.30. The van der Waals surface area contributed by atoms with E-state index in [0.717, 1.165) is 46.3 Å². The molecule has 0 spiro atoms. The van der Waals surface area contributed by atoms with Crippen molar-refractivity contribution in [1.29, 1.82) is 0 Å². The molecule has 1 aromatic rings. The number of allylic oxidation sites excluding steroid dienone is 1. The molecule has 0 saturated heterocycles. The van der Waals surface area contributed by atoms with E-state index in [0.29, 0.717) is 6.61 Å². The van der Waals surface area contributed by atoms with Gasteiger partial charge in [0.2, 0.25) is 0 Å². The Balaban J connectivity index is 1.95. The second kappa shape index (κ2) is 7.37. The largest absolute Gasteiger partial charge is 0.493 e. The van der Waals surface area contributed by atoms with E-state index in [1.165, 1.54) is 0 Å². The fraction of sp³-hybridized carbons (Fsp3) is 0.474. The van der Waals surface area contributed by atoms with Crippen molar-refractivity contribution >= 4 is 11.8 Å². The SMILES string of the molecule is COc1cc2c(cc1OCCCN(C)C)=NC1=CC=NC(N(C)C)C=21. The number of rotatable bonds is 7. The van der Waals surface area contributed by atoms with Crippen LogP contribution in [0.25, 0.3) is 5.57 Å². The van der Waals surface area contributed by atoms with Crippen LogP contribution in [0.1, 0.15) is 6.42 Å². The molecule has 0 N–H and O–H groups in total. The normalized spacial score (nSPS) is 18.1. The Hall–Kier alpha value is -2.18. The second-order valence-electron chi connectivity index (χ2n) is 6.74. The summed E-state index contributed by atoms with van der Waals surface area (Å²) < 4.78 is 11.5. The summed E-state index contributed by atoms with van der Waals surface area (Å²) in [6, 6.07) is 4.00. The predicted octanol–water partition coefficient (Wildman–Crippen LogP) is 0.666. The molecule has 0 aromatic heterocycles. The number of aliphatic imine (C=N–C) groups is 1. The summed E-state index contributed by atoms with van der Waals surface area (Å²) in [5, 5.41) is 1.99. The van der Waals surface area contributed by atoms with Gasteiger partial charge in [0.25, 0.3) is 0 Å². The number of ether oxygens (including phenoxy) is 2. The summed E-state index contributed by atoms with van der Waals surface area (Å²) in [5.41, 5.74) is 2.09. The van der Waals surface area contributed by atoms with Gasteiger partial charge in [-0.05, 0) is 46.8 Å². The molecule has 0 saturated carbocycles. The molecule has 6 nitrogen and oxygen atoms in total. The Morgan fingerprint density at radius 1 is 1.12 bits per heavy atom. The number of dihydropyridines is 1. The first-order valence-corrected chi connectivity index (χ1v) is 8.50. The van der Waals surface area contributed by atoms with Crippen molar-refractivity contribution in [2.45, 2.75) is 12.6 Å². The molecule has 0 fully saturated rings. The van der Waals surface area contributed by atoms with Gasteiger partial charge >= 0.3 is 0 Å². The molecule has 1 aromatic carbocycles. The molecular formula is C19H26N4O2. The molecule has 1 unspecified atom stereocenters. The minimum atomic E-state index is -0.0263. The van der Waals surface area contributed by atoms with Gasteiger partial charge in [-0.3, -0.25) is 9.89 Å². The Kier molecular flexibility index (Phi) is 5.20. The van der Waals surface area contributed by atoms with Crippen LogP contribution in [0.15, 0.2) is 33.9 Å². The molecular weight excluding hydrogens is 316 g/mol. The zero-order valence-corrected chi connectivity index (χ0v) is 15.6. The molecule has 2 aliphatic rings. The smallest absolute Gasteiger partial charge is 0.163 e. The van der Waals surface area contributed by atoms with E-state index < -0.39 is 0 Å². The lowest BCUT2D eigenvalue weighted by Crippen LogP contribution is -2.34. The van der Waals surface area contributed by atoms with Crippen LogP contribution >= 0.6 is 0 Å². The van der Waals surface area contributed by atoms with E-state index in [-0.39, 0.29) is 6.17 Å². The van der Waals surface area contributed by atoms with Crippen LogP contribution in [0.2, 0.25) is 0 Å². The molecule has 3 rings (SSSR count). The summed E-state index contributed by atoms with van der Waals surface area (Å²) in [6.45, 7) is 1.64. The van der Waals surface area contributed by atoms with E-state index in [4.69, 9.17) is 14.5 Å². The number of methoxy groups -OCH3 is 1. The number of hydrogen-bond acceptors (Lipinski definition) is 6. The van der Waals surface area contributed by atoms with Gasteiger partial charge < -0.3 is 14.4 Å². The molecule has 0 amide bonds. The van der Waals surface area contributed by atoms with E-state index in [1.54, 1.807) is 7.11 Å². The van der Waals surface area contributed by atoms with Gasteiger partial charge in [-0.25, -0.2) is 4.99 Å². The number of fused-ring (bicyclic) bond motifs is 2. The lowest BCUT2D eigenvalue weighted by Gasteiger charge is -2.24. The van der Waals surface area contributed by atoms with Gasteiger partial charge in [-0.2, -0.15) is 0 Å². The third kappa shape index (κ3) is 3.60. The minimum absolute atomic E-state index is 0.0263. The first-order chi connectivity index (χ1) is 12.0. The predicted molar refractivity (Wildman–Crippen MR) is 99.9 cm³/mol. The van der Waals surface area contributed by atoms with Gasteiger partial charge in [-0.1, -0.05) is 0 Å².